The second-order valence-electron chi connectivity index (χ2n) is 7.20. The molecule has 2 aliphatic rings. The van der Waals surface area contributed by atoms with Crippen LogP contribution in [0, 0.1) is 5.92 Å². The van der Waals surface area contributed by atoms with Gasteiger partial charge in [0.1, 0.15) is 0 Å². The predicted octanol–water partition coefficient (Wildman–Crippen LogP) is 1.21. The van der Waals surface area contributed by atoms with Crippen molar-refractivity contribution in [2.24, 2.45) is 5.92 Å². The van der Waals surface area contributed by atoms with Crippen LogP contribution in [0.4, 0.5) is 0 Å². The Kier molecular flexibility index (Phi) is 5.29. The molecule has 3 N–H and O–H groups in total. The minimum Gasteiger partial charge on any atom is -0.395 e. The summed E-state index contributed by atoms with van der Waals surface area (Å²) in [6.07, 6.45) is 0. The van der Waals surface area contributed by atoms with Crippen LogP contribution in [-0.4, -0.2) is 67.3 Å². The minimum atomic E-state index is 0.264. The number of hydrazine groups is 1. The molecule has 5 heteroatoms. The fourth-order valence-corrected chi connectivity index (χ4v) is 4.23. The van der Waals surface area contributed by atoms with Crippen molar-refractivity contribution in [3.8, 4) is 0 Å². The number of rotatable bonds is 5. The van der Waals surface area contributed by atoms with Gasteiger partial charge in [-0.2, -0.15) is 0 Å². The summed E-state index contributed by atoms with van der Waals surface area (Å²) in [5.41, 5.74) is 8.29. The molecule has 4 rings (SSSR count). The highest BCUT2D eigenvalue weighted by Gasteiger charge is 2.31. The molecular formula is C20H28N4O. The van der Waals surface area contributed by atoms with E-state index in [1.165, 1.54) is 16.3 Å². The highest BCUT2D eigenvalue weighted by atomic mass is 16.3. The van der Waals surface area contributed by atoms with Gasteiger partial charge in [0.25, 0.3) is 0 Å². The van der Waals surface area contributed by atoms with Gasteiger partial charge in [-0.3, -0.25) is 10.3 Å². The standard InChI is InChI=1S/C20H28N4O/c25-13-12-23-8-10-24(11-9-23)15-17-14-21-22-20(17)19-7-3-5-16-4-1-2-6-18(16)19/h1-7,17,20-22,25H,8-15H2. The van der Waals surface area contributed by atoms with Crippen LogP contribution in [0.1, 0.15) is 11.6 Å². The summed E-state index contributed by atoms with van der Waals surface area (Å²) < 4.78 is 0. The summed E-state index contributed by atoms with van der Waals surface area (Å²) in [6, 6.07) is 15.6. The second-order valence-corrected chi connectivity index (χ2v) is 7.20. The lowest BCUT2D eigenvalue weighted by atomic mass is 9.90. The summed E-state index contributed by atoms with van der Waals surface area (Å²) in [6.45, 7) is 7.50. The largest absolute Gasteiger partial charge is 0.395 e. The predicted molar refractivity (Wildman–Crippen MR) is 101 cm³/mol. The van der Waals surface area contributed by atoms with E-state index in [4.69, 9.17) is 5.11 Å². The van der Waals surface area contributed by atoms with E-state index >= 15 is 0 Å². The van der Waals surface area contributed by atoms with E-state index < -0.39 is 0 Å². The van der Waals surface area contributed by atoms with Crippen molar-refractivity contribution in [1.29, 1.82) is 0 Å². The monoisotopic (exact) mass is 340 g/mol. The van der Waals surface area contributed by atoms with E-state index in [9.17, 15) is 0 Å². The van der Waals surface area contributed by atoms with Crippen molar-refractivity contribution in [2.75, 3.05) is 52.4 Å². The lowest BCUT2D eigenvalue weighted by Gasteiger charge is -2.36. The van der Waals surface area contributed by atoms with E-state index in [1.807, 2.05) is 0 Å². The molecule has 2 heterocycles. The number of nitrogens with one attached hydrogen (secondary N) is 2. The molecule has 0 spiro atoms. The van der Waals surface area contributed by atoms with Gasteiger partial charge in [-0.25, -0.2) is 5.43 Å². The Bertz CT molecular complexity index is 694. The van der Waals surface area contributed by atoms with Crippen LogP contribution in [0.5, 0.6) is 0 Å². The second kappa shape index (κ2) is 7.81. The number of β-amino-alcohol motifs (C(OH)–C–C–N with tert-alkyl or cyclic N) is 1. The zero-order valence-corrected chi connectivity index (χ0v) is 14.7. The Hall–Kier alpha value is -1.50. The van der Waals surface area contributed by atoms with Crippen molar-refractivity contribution >= 4 is 10.8 Å². The van der Waals surface area contributed by atoms with Crippen LogP contribution in [0.25, 0.3) is 10.8 Å². The Morgan fingerprint density at radius 3 is 2.56 bits per heavy atom. The summed E-state index contributed by atoms with van der Waals surface area (Å²) in [5, 5.41) is 11.8. The summed E-state index contributed by atoms with van der Waals surface area (Å²) in [7, 11) is 0. The molecule has 2 unspecified atom stereocenters. The molecule has 0 radical (unpaired) electrons. The molecule has 2 saturated heterocycles. The average Bonchev–Trinajstić information content (AvgIpc) is 3.11. The van der Waals surface area contributed by atoms with E-state index in [-0.39, 0.29) is 6.61 Å². The molecule has 2 aliphatic heterocycles. The molecule has 134 valence electrons. The van der Waals surface area contributed by atoms with Gasteiger partial charge in [0, 0.05) is 51.7 Å². The van der Waals surface area contributed by atoms with Gasteiger partial charge in [0.15, 0.2) is 0 Å². The molecular weight excluding hydrogens is 312 g/mol. The Balaban J connectivity index is 1.46. The highest BCUT2D eigenvalue weighted by molar-refractivity contribution is 5.86. The molecule has 5 nitrogen and oxygen atoms in total. The molecule has 2 atom stereocenters. The van der Waals surface area contributed by atoms with Crippen LogP contribution in [0.3, 0.4) is 0 Å². The first kappa shape index (κ1) is 16.9. The number of fused-ring (bicyclic) bond motifs is 1. The lowest BCUT2D eigenvalue weighted by Crippen LogP contribution is -2.49. The fourth-order valence-electron chi connectivity index (χ4n) is 4.23. The van der Waals surface area contributed by atoms with Crippen LogP contribution in [-0.2, 0) is 0 Å². The number of hydrogen-bond acceptors (Lipinski definition) is 5. The Morgan fingerprint density at radius 2 is 1.72 bits per heavy atom. The summed E-state index contributed by atoms with van der Waals surface area (Å²) >= 11 is 0. The maximum absolute atomic E-state index is 9.09. The molecule has 0 bridgehead atoms. The van der Waals surface area contributed by atoms with Crippen LogP contribution >= 0.6 is 0 Å². The van der Waals surface area contributed by atoms with Crippen LogP contribution < -0.4 is 10.9 Å². The first-order chi connectivity index (χ1) is 12.3. The molecule has 0 amide bonds. The third-order valence-electron chi connectivity index (χ3n) is 5.63. The third-order valence-corrected chi connectivity index (χ3v) is 5.63. The molecule has 2 aromatic rings. The highest BCUT2D eigenvalue weighted by Crippen LogP contribution is 2.31. The first-order valence-electron chi connectivity index (χ1n) is 9.37. The van der Waals surface area contributed by atoms with E-state index in [1.54, 1.807) is 0 Å². The van der Waals surface area contributed by atoms with Crippen LogP contribution in [0.15, 0.2) is 42.5 Å². The number of benzene rings is 2. The zero-order chi connectivity index (χ0) is 17.1. The quantitative estimate of drug-likeness (QED) is 0.764. The number of aliphatic hydroxyl groups excluding tert-OH is 1. The Labute approximate surface area is 149 Å². The number of hydrogen-bond donors (Lipinski definition) is 3. The lowest BCUT2D eigenvalue weighted by molar-refractivity contribution is 0.101. The first-order valence-corrected chi connectivity index (χ1v) is 9.37. The number of aliphatic hydroxyl groups is 1. The SMILES string of the molecule is OCCN1CCN(CC2CNNC2c2cccc3ccccc23)CC1. The van der Waals surface area contributed by atoms with Crippen molar-refractivity contribution in [2.45, 2.75) is 6.04 Å². The van der Waals surface area contributed by atoms with Gasteiger partial charge >= 0.3 is 0 Å². The van der Waals surface area contributed by atoms with Crippen molar-refractivity contribution in [1.82, 2.24) is 20.7 Å². The molecule has 0 aromatic heterocycles. The van der Waals surface area contributed by atoms with Gasteiger partial charge in [-0.15, -0.1) is 0 Å². The Morgan fingerprint density at radius 1 is 0.960 bits per heavy atom. The number of piperazine rings is 1. The molecule has 0 aliphatic carbocycles. The van der Waals surface area contributed by atoms with Gasteiger partial charge in [-0.1, -0.05) is 42.5 Å². The van der Waals surface area contributed by atoms with Gasteiger partial charge in [0.05, 0.1) is 12.6 Å². The molecule has 0 saturated carbocycles. The zero-order valence-electron chi connectivity index (χ0n) is 14.7. The topological polar surface area (TPSA) is 50.8 Å². The molecule has 2 fully saturated rings. The molecule has 25 heavy (non-hydrogen) atoms. The average molecular weight is 340 g/mol. The minimum absolute atomic E-state index is 0.264. The van der Waals surface area contributed by atoms with Crippen LogP contribution in [0.2, 0.25) is 0 Å². The van der Waals surface area contributed by atoms with E-state index in [0.29, 0.717) is 12.0 Å². The maximum Gasteiger partial charge on any atom is 0.0558 e. The maximum atomic E-state index is 9.09. The normalized spacial score (nSPS) is 25.6. The van der Waals surface area contributed by atoms with Gasteiger partial charge < -0.3 is 10.0 Å². The van der Waals surface area contributed by atoms with Crippen molar-refractivity contribution < 1.29 is 5.11 Å². The summed E-state index contributed by atoms with van der Waals surface area (Å²) in [5.74, 6) is 0.565. The van der Waals surface area contributed by atoms with Crippen molar-refractivity contribution in [3.05, 3.63) is 48.0 Å². The van der Waals surface area contributed by atoms with Gasteiger partial charge in [-0.05, 0) is 16.3 Å². The smallest absolute Gasteiger partial charge is 0.0558 e. The summed E-state index contributed by atoms with van der Waals surface area (Å²) in [4.78, 5) is 4.93. The third kappa shape index (κ3) is 3.71. The van der Waals surface area contributed by atoms with Crippen molar-refractivity contribution in [3.63, 3.8) is 0 Å². The fraction of sp³-hybridized carbons (Fsp3) is 0.500. The molecule has 2 aromatic carbocycles. The number of nitrogens with zero attached hydrogens (tertiary/aromatic N) is 2. The van der Waals surface area contributed by atoms with E-state index in [2.05, 4.69) is 63.1 Å². The van der Waals surface area contributed by atoms with E-state index in [0.717, 1.165) is 45.8 Å². The van der Waals surface area contributed by atoms with Gasteiger partial charge in [0.2, 0.25) is 0 Å².